The first-order chi connectivity index (χ1) is 11.5. The lowest BCUT2D eigenvalue weighted by Crippen LogP contribution is -2.29. The summed E-state index contributed by atoms with van der Waals surface area (Å²) in [5.41, 5.74) is 1.93. The molecule has 1 fully saturated rings. The van der Waals surface area contributed by atoms with Crippen LogP contribution in [-0.4, -0.2) is 17.5 Å². The molecule has 0 radical (unpaired) electrons. The van der Waals surface area contributed by atoms with Crippen molar-refractivity contribution in [3.05, 3.63) is 52.8 Å². The van der Waals surface area contributed by atoms with Crippen molar-refractivity contribution in [3.8, 4) is 5.75 Å². The first-order valence-electron chi connectivity index (χ1n) is 7.57. The van der Waals surface area contributed by atoms with E-state index in [0.717, 1.165) is 18.4 Å². The van der Waals surface area contributed by atoms with Crippen molar-refractivity contribution in [1.82, 2.24) is 4.98 Å². The lowest BCUT2D eigenvalue weighted by atomic mass is 10.0. The molecule has 4 rings (SSSR count). The number of aromatic nitrogens is 1. The summed E-state index contributed by atoms with van der Waals surface area (Å²) >= 11 is 6.09. The standard InChI is InChI=1S/C17H13ClF2N2O2/c18-10-3-4-13-14(5-10)15(9-1-2-9)22(16(13)23)11-6-12(8-21-7-11)24-17(19)20/h3-9,15,17H,1-2H2. The monoisotopic (exact) mass is 350 g/mol. The van der Waals surface area contributed by atoms with Crippen LogP contribution >= 0.6 is 11.6 Å². The summed E-state index contributed by atoms with van der Waals surface area (Å²) < 4.78 is 29.3. The number of amides is 1. The normalized spacial score (nSPS) is 19.8. The molecule has 0 bridgehead atoms. The molecule has 1 amide bonds. The average Bonchev–Trinajstić information content (AvgIpc) is 3.32. The molecule has 7 heteroatoms. The molecule has 2 aliphatic rings. The minimum atomic E-state index is -2.94. The highest BCUT2D eigenvalue weighted by Crippen LogP contribution is 2.51. The van der Waals surface area contributed by atoms with E-state index in [9.17, 15) is 13.6 Å². The predicted molar refractivity (Wildman–Crippen MR) is 84.6 cm³/mol. The number of ether oxygens (including phenoxy) is 1. The number of halogens is 3. The number of anilines is 1. The predicted octanol–water partition coefficient (Wildman–Crippen LogP) is 4.45. The second kappa shape index (κ2) is 5.70. The summed E-state index contributed by atoms with van der Waals surface area (Å²) in [7, 11) is 0. The molecule has 2 aromatic rings. The fourth-order valence-corrected chi connectivity index (χ4v) is 3.41. The summed E-state index contributed by atoms with van der Waals surface area (Å²) in [5, 5.41) is 0.571. The number of hydrogen-bond donors (Lipinski definition) is 0. The van der Waals surface area contributed by atoms with E-state index in [4.69, 9.17) is 11.6 Å². The highest BCUT2D eigenvalue weighted by atomic mass is 35.5. The molecule has 1 saturated carbocycles. The van der Waals surface area contributed by atoms with E-state index in [1.165, 1.54) is 18.5 Å². The van der Waals surface area contributed by atoms with Crippen LogP contribution < -0.4 is 9.64 Å². The van der Waals surface area contributed by atoms with E-state index in [0.29, 0.717) is 22.2 Å². The Morgan fingerprint density at radius 2 is 2.04 bits per heavy atom. The number of carbonyl (C=O) groups excluding carboxylic acids is 1. The molecule has 124 valence electrons. The summed E-state index contributed by atoms with van der Waals surface area (Å²) in [4.78, 5) is 18.4. The molecule has 1 aliphatic carbocycles. The minimum Gasteiger partial charge on any atom is -0.433 e. The number of nitrogens with zero attached hydrogens (tertiary/aromatic N) is 2. The van der Waals surface area contributed by atoms with Crippen LogP contribution in [0, 0.1) is 5.92 Å². The average molecular weight is 351 g/mol. The molecule has 24 heavy (non-hydrogen) atoms. The van der Waals surface area contributed by atoms with Crippen LogP contribution in [-0.2, 0) is 0 Å². The van der Waals surface area contributed by atoms with Crippen molar-refractivity contribution >= 4 is 23.2 Å². The van der Waals surface area contributed by atoms with Gasteiger partial charge in [-0.05, 0) is 42.5 Å². The summed E-state index contributed by atoms with van der Waals surface area (Å²) in [6, 6.07) is 6.47. The maximum absolute atomic E-state index is 12.9. The van der Waals surface area contributed by atoms with Gasteiger partial charge in [-0.2, -0.15) is 8.78 Å². The number of rotatable bonds is 4. The second-order valence-electron chi connectivity index (χ2n) is 5.95. The third-order valence-electron chi connectivity index (χ3n) is 4.33. The molecular formula is C17H13ClF2N2O2. The van der Waals surface area contributed by atoms with Gasteiger partial charge in [0.25, 0.3) is 5.91 Å². The Balaban J connectivity index is 1.76. The SMILES string of the molecule is O=C1c2ccc(Cl)cc2C(C2CC2)N1c1cncc(OC(F)F)c1. The van der Waals surface area contributed by atoms with Crippen LogP contribution in [0.2, 0.25) is 5.02 Å². The highest BCUT2D eigenvalue weighted by Gasteiger charge is 2.46. The number of fused-ring (bicyclic) bond motifs is 1. The largest absolute Gasteiger partial charge is 0.433 e. The maximum Gasteiger partial charge on any atom is 0.387 e. The van der Waals surface area contributed by atoms with E-state index in [-0.39, 0.29) is 17.7 Å². The fourth-order valence-electron chi connectivity index (χ4n) is 3.23. The van der Waals surface area contributed by atoms with Gasteiger partial charge in [0.1, 0.15) is 5.75 Å². The van der Waals surface area contributed by atoms with Gasteiger partial charge in [0, 0.05) is 16.7 Å². The van der Waals surface area contributed by atoms with Gasteiger partial charge < -0.3 is 4.74 Å². The van der Waals surface area contributed by atoms with E-state index in [1.807, 2.05) is 6.07 Å². The van der Waals surface area contributed by atoms with Crippen LogP contribution in [0.1, 0.15) is 34.8 Å². The van der Waals surface area contributed by atoms with Crippen LogP contribution in [0.15, 0.2) is 36.7 Å². The number of hydrogen-bond acceptors (Lipinski definition) is 3. The minimum absolute atomic E-state index is 0.0705. The van der Waals surface area contributed by atoms with Gasteiger partial charge in [-0.25, -0.2) is 0 Å². The molecule has 1 aromatic carbocycles. The number of pyridine rings is 1. The summed E-state index contributed by atoms with van der Waals surface area (Å²) in [5.74, 6) is 0.0988. The highest BCUT2D eigenvalue weighted by molar-refractivity contribution is 6.31. The Morgan fingerprint density at radius 1 is 1.25 bits per heavy atom. The molecule has 2 heterocycles. The van der Waals surface area contributed by atoms with Gasteiger partial charge in [-0.15, -0.1) is 0 Å². The second-order valence-corrected chi connectivity index (χ2v) is 6.38. The van der Waals surface area contributed by atoms with Crippen molar-refractivity contribution in [2.75, 3.05) is 4.90 Å². The molecule has 0 saturated heterocycles. The first kappa shape index (κ1) is 15.3. The third kappa shape index (κ3) is 2.60. The molecule has 4 nitrogen and oxygen atoms in total. The Hall–Kier alpha value is -2.21. The first-order valence-corrected chi connectivity index (χ1v) is 7.95. The Labute approximate surface area is 142 Å². The van der Waals surface area contributed by atoms with Gasteiger partial charge in [-0.1, -0.05) is 11.6 Å². The molecular weight excluding hydrogens is 338 g/mol. The Kier molecular flexibility index (Phi) is 3.64. The van der Waals surface area contributed by atoms with E-state index < -0.39 is 6.61 Å². The maximum atomic E-state index is 12.9. The lowest BCUT2D eigenvalue weighted by Gasteiger charge is -2.25. The van der Waals surface area contributed by atoms with Crippen LogP contribution in [0.4, 0.5) is 14.5 Å². The molecule has 0 N–H and O–H groups in total. The van der Waals surface area contributed by atoms with Crippen molar-refractivity contribution < 1.29 is 18.3 Å². The number of alkyl halides is 2. The third-order valence-corrected chi connectivity index (χ3v) is 4.57. The fraction of sp³-hybridized carbons (Fsp3) is 0.294. The zero-order chi connectivity index (χ0) is 16.8. The molecule has 0 spiro atoms. The quantitative estimate of drug-likeness (QED) is 0.818. The van der Waals surface area contributed by atoms with Crippen LogP contribution in [0.3, 0.4) is 0 Å². The van der Waals surface area contributed by atoms with Crippen molar-refractivity contribution in [2.45, 2.75) is 25.5 Å². The van der Waals surface area contributed by atoms with Crippen molar-refractivity contribution in [3.63, 3.8) is 0 Å². The van der Waals surface area contributed by atoms with Gasteiger partial charge in [0.15, 0.2) is 0 Å². The van der Waals surface area contributed by atoms with Gasteiger partial charge in [0.05, 0.1) is 24.1 Å². The topological polar surface area (TPSA) is 42.4 Å². The molecule has 1 aliphatic heterocycles. The Morgan fingerprint density at radius 3 is 2.75 bits per heavy atom. The van der Waals surface area contributed by atoms with Gasteiger partial charge in [0.2, 0.25) is 0 Å². The van der Waals surface area contributed by atoms with E-state index in [1.54, 1.807) is 17.0 Å². The molecule has 1 unspecified atom stereocenters. The van der Waals surface area contributed by atoms with Gasteiger partial charge >= 0.3 is 6.61 Å². The van der Waals surface area contributed by atoms with Crippen molar-refractivity contribution in [2.24, 2.45) is 5.92 Å². The lowest BCUT2D eigenvalue weighted by molar-refractivity contribution is -0.0500. The molecule has 1 atom stereocenters. The molecule has 1 aromatic heterocycles. The number of carbonyl (C=O) groups is 1. The Bertz CT molecular complexity index is 811. The zero-order valence-electron chi connectivity index (χ0n) is 12.5. The van der Waals surface area contributed by atoms with E-state index in [2.05, 4.69) is 9.72 Å². The van der Waals surface area contributed by atoms with Crippen LogP contribution in [0.25, 0.3) is 0 Å². The van der Waals surface area contributed by atoms with E-state index >= 15 is 0 Å². The summed E-state index contributed by atoms with van der Waals surface area (Å²) in [6.45, 7) is -2.94. The number of benzene rings is 1. The van der Waals surface area contributed by atoms with Crippen LogP contribution in [0.5, 0.6) is 5.75 Å². The van der Waals surface area contributed by atoms with Crippen molar-refractivity contribution in [1.29, 1.82) is 0 Å². The van der Waals surface area contributed by atoms with Gasteiger partial charge in [-0.3, -0.25) is 14.7 Å². The smallest absolute Gasteiger partial charge is 0.387 e. The summed E-state index contributed by atoms with van der Waals surface area (Å²) in [6.07, 6.45) is 4.72. The zero-order valence-corrected chi connectivity index (χ0v) is 13.2.